The number of carbonyl (C=O) groups is 3. The predicted octanol–water partition coefficient (Wildman–Crippen LogP) is 1.00. The second kappa shape index (κ2) is 7.41. The molecule has 4 rings (SSSR count). The number of hydrogen-bond donors (Lipinski definition) is 2. The number of anilines is 1. The fraction of sp³-hybridized carbons (Fsp3) is 0.211. The Morgan fingerprint density at radius 1 is 1.07 bits per heavy atom. The van der Waals surface area contributed by atoms with Crippen molar-refractivity contribution in [2.45, 2.75) is 10.9 Å². The van der Waals surface area contributed by atoms with Gasteiger partial charge in [-0.05, 0) is 36.4 Å². The van der Waals surface area contributed by atoms with Gasteiger partial charge in [-0.3, -0.25) is 19.2 Å². The lowest BCUT2D eigenvalue weighted by Gasteiger charge is -2.42. The number of amides is 4. The van der Waals surface area contributed by atoms with Crippen molar-refractivity contribution in [3.8, 4) is 0 Å². The number of imide groups is 1. The van der Waals surface area contributed by atoms with Gasteiger partial charge in [0.25, 0.3) is 15.9 Å². The highest BCUT2D eigenvalue weighted by atomic mass is 32.2. The van der Waals surface area contributed by atoms with E-state index < -0.39 is 26.8 Å². The minimum atomic E-state index is -4.11. The van der Waals surface area contributed by atoms with Crippen LogP contribution in [0.15, 0.2) is 53.4 Å². The first-order chi connectivity index (χ1) is 14.3. The smallest absolute Gasteiger partial charge is 0.324 e. The Balaban J connectivity index is 1.39. The van der Waals surface area contributed by atoms with Crippen LogP contribution in [0.1, 0.15) is 10.4 Å². The summed E-state index contributed by atoms with van der Waals surface area (Å²) in [6.07, 6.45) is 0. The van der Waals surface area contributed by atoms with E-state index in [0.29, 0.717) is 5.56 Å². The molecule has 2 fully saturated rings. The highest BCUT2D eigenvalue weighted by Crippen LogP contribution is 2.22. The van der Waals surface area contributed by atoms with E-state index in [0.717, 1.165) is 17.0 Å². The summed E-state index contributed by atoms with van der Waals surface area (Å²) in [6.45, 7) is 0.437. The molecule has 2 heterocycles. The molecule has 2 aromatic rings. The summed E-state index contributed by atoms with van der Waals surface area (Å²) in [7, 11) is -4.11. The summed E-state index contributed by atoms with van der Waals surface area (Å²) in [4.78, 5) is 38.0. The van der Waals surface area contributed by atoms with Crippen LogP contribution in [-0.2, 0) is 14.8 Å². The van der Waals surface area contributed by atoms with Crippen LogP contribution in [-0.4, -0.2) is 61.7 Å². The maximum atomic E-state index is 13.8. The second-order valence-electron chi connectivity index (χ2n) is 6.90. The lowest BCUT2D eigenvalue weighted by Crippen LogP contribution is -2.62. The lowest BCUT2D eigenvalue weighted by molar-refractivity contribution is -0.128. The Hall–Kier alpha value is -3.47. The molecule has 2 saturated heterocycles. The van der Waals surface area contributed by atoms with Gasteiger partial charge in [0.1, 0.15) is 10.7 Å². The Morgan fingerprint density at radius 2 is 1.73 bits per heavy atom. The predicted molar refractivity (Wildman–Crippen MR) is 104 cm³/mol. The summed E-state index contributed by atoms with van der Waals surface area (Å²) in [6, 6.07) is 9.91. The fourth-order valence-electron chi connectivity index (χ4n) is 3.32. The standard InChI is InChI=1S/C19H17FN4O5S/c20-15-3-1-2-4-16(15)30(28,29)22-13-7-5-12(6-8-13)18(26)23-10-14(11-23)24-17(25)9-21-19(24)27/h1-8,14,22H,9-11H2,(H,21,27). The Kier molecular flexibility index (Phi) is 4.90. The zero-order chi connectivity index (χ0) is 21.5. The van der Waals surface area contributed by atoms with Gasteiger partial charge in [0.15, 0.2) is 0 Å². The molecule has 0 atom stereocenters. The number of likely N-dealkylation sites (tertiary alicyclic amines) is 1. The highest BCUT2D eigenvalue weighted by molar-refractivity contribution is 7.92. The molecular weight excluding hydrogens is 415 g/mol. The van der Waals surface area contributed by atoms with E-state index in [-0.39, 0.29) is 43.2 Å². The average Bonchev–Trinajstić information content (AvgIpc) is 3.00. The van der Waals surface area contributed by atoms with E-state index in [1.165, 1.54) is 41.3 Å². The maximum absolute atomic E-state index is 13.8. The molecule has 0 bridgehead atoms. The van der Waals surface area contributed by atoms with Gasteiger partial charge >= 0.3 is 6.03 Å². The zero-order valence-corrected chi connectivity index (χ0v) is 16.4. The second-order valence-corrected chi connectivity index (χ2v) is 8.55. The number of sulfonamides is 1. The first-order valence-electron chi connectivity index (χ1n) is 9.03. The van der Waals surface area contributed by atoms with Crippen LogP contribution < -0.4 is 10.0 Å². The number of hydrogen-bond acceptors (Lipinski definition) is 5. The molecule has 0 aliphatic carbocycles. The normalized spacial score (nSPS) is 17.0. The van der Waals surface area contributed by atoms with Crippen molar-refractivity contribution in [3.05, 3.63) is 59.9 Å². The van der Waals surface area contributed by atoms with E-state index in [4.69, 9.17) is 0 Å². The first-order valence-corrected chi connectivity index (χ1v) is 10.5. The molecule has 2 aliphatic rings. The van der Waals surface area contributed by atoms with Crippen molar-refractivity contribution in [1.29, 1.82) is 0 Å². The SMILES string of the molecule is O=C(c1ccc(NS(=O)(=O)c2ccccc2F)cc1)N1CC(N2C(=O)CNC2=O)C1. The molecule has 2 aromatic carbocycles. The lowest BCUT2D eigenvalue weighted by atomic mass is 10.0. The minimum Gasteiger partial charge on any atom is -0.334 e. The van der Waals surface area contributed by atoms with Crippen LogP contribution in [0, 0.1) is 5.82 Å². The number of carbonyl (C=O) groups excluding carboxylic acids is 3. The monoisotopic (exact) mass is 432 g/mol. The quantitative estimate of drug-likeness (QED) is 0.684. The molecule has 0 saturated carbocycles. The number of nitrogens with one attached hydrogen (secondary N) is 2. The van der Waals surface area contributed by atoms with Gasteiger partial charge in [-0.1, -0.05) is 12.1 Å². The molecule has 2 N–H and O–H groups in total. The third-order valence-electron chi connectivity index (χ3n) is 4.90. The maximum Gasteiger partial charge on any atom is 0.324 e. The Morgan fingerprint density at radius 3 is 2.33 bits per heavy atom. The number of halogens is 1. The summed E-state index contributed by atoms with van der Waals surface area (Å²) < 4.78 is 40.7. The highest BCUT2D eigenvalue weighted by Gasteiger charge is 2.43. The number of nitrogens with zero attached hydrogens (tertiary/aromatic N) is 2. The van der Waals surface area contributed by atoms with Crippen molar-refractivity contribution in [3.63, 3.8) is 0 Å². The van der Waals surface area contributed by atoms with E-state index in [1.54, 1.807) is 0 Å². The third-order valence-corrected chi connectivity index (χ3v) is 6.32. The summed E-state index contributed by atoms with van der Waals surface area (Å²) in [5.41, 5.74) is 0.495. The molecule has 4 amide bonds. The minimum absolute atomic E-state index is 0.0342. The number of benzene rings is 2. The third kappa shape index (κ3) is 3.59. The average molecular weight is 432 g/mol. The Labute approximate surface area is 171 Å². The van der Waals surface area contributed by atoms with Crippen molar-refractivity contribution >= 4 is 33.6 Å². The van der Waals surface area contributed by atoms with Crippen LogP contribution >= 0.6 is 0 Å². The zero-order valence-electron chi connectivity index (χ0n) is 15.5. The van der Waals surface area contributed by atoms with E-state index in [2.05, 4.69) is 10.0 Å². The van der Waals surface area contributed by atoms with Gasteiger partial charge in [0, 0.05) is 24.3 Å². The molecule has 30 heavy (non-hydrogen) atoms. The fourth-order valence-corrected chi connectivity index (χ4v) is 4.46. The van der Waals surface area contributed by atoms with Crippen molar-refractivity contribution in [2.24, 2.45) is 0 Å². The van der Waals surface area contributed by atoms with Gasteiger partial charge in [-0.15, -0.1) is 0 Å². The van der Waals surface area contributed by atoms with E-state index >= 15 is 0 Å². The van der Waals surface area contributed by atoms with Gasteiger partial charge in [0.05, 0.1) is 12.6 Å². The van der Waals surface area contributed by atoms with Crippen LogP contribution in [0.5, 0.6) is 0 Å². The van der Waals surface area contributed by atoms with Gasteiger partial charge < -0.3 is 10.2 Å². The van der Waals surface area contributed by atoms with E-state index in [9.17, 15) is 27.2 Å². The molecule has 0 spiro atoms. The molecule has 9 nitrogen and oxygen atoms in total. The summed E-state index contributed by atoms with van der Waals surface area (Å²) >= 11 is 0. The van der Waals surface area contributed by atoms with Crippen LogP contribution in [0.2, 0.25) is 0 Å². The van der Waals surface area contributed by atoms with Crippen molar-refractivity contribution in [2.75, 3.05) is 24.4 Å². The van der Waals surface area contributed by atoms with Crippen LogP contribution in [0.25, 0.3) is 0 Å². The van der Waals surface area contributed by atoms with Crippen molar-refractivity contribution in [1.82, 2.24) is 15.1 Å². The van der Waals surface area contributed by atoms with Gasteiger partial charge in [-0.25, -0.2) is 17.6 Å². The summed E-state index contributed by atoms with van der Waals surface area (Å²) in [5.74, 6) is -1.49. The van der Waals surface area contributed by atoms with Gasteiger partial charge in [-0.2, -0.15) is 0 Å². The van der Waals surface area contributed by atoms with Crippen LogP contribution in [0.4, 0.5) is 14.9 Å². The Bertz CT molecular complexity index is 1110. The van der Waals surface area contributed by atoms with Gasteiger partial charge in [0.2, 0.25) is 5.91 Å². The topological polar surface area (TPSA) is 116 Å². The first kappa shape index (κ1) is 19.8. The van der Waals surface area contributed by atoms with E-state index in [1.807, 2.05) is 0 Å². The molecular formula is C19H17FN4O5S. The summed E-state index contributed by atoms with van der Waals surface area (Å²) in [5, 5.41) is 2.44. The molecule has 11 heteroatoms. The van der Waals surface area contributed by atoms with Crippen molar-refractivity contribution < 1.29 is 27.2 Å². The molecule has 0 radical (unpaired) electrons. The van der Waals surface area contributed by atoms with Crippen LogP contribution in [0.3, 0.4) is 0 Å². The number of rotatable bonds is 5. The molecule has 0 unspecified atom stereocenters. The molecule has 0 aromatic heterocycles. The molecule has 156 valence electrons. The number of urea groups is 1. The molecule has 2 aliphatic heterocycles. The largest absolute Gasteiger partial charge is 0.334 e.